The van der Waals surface area contributed by atoms with Crippen molar-refractivity contribution in [2.24, 2.45) is 0 Å². The van der Waals surface area contributed by atoms with Crippen LogP contribution in [0.5, 0.6) is 0 Å². The van der Waals surface area contributed by atoms with Gasteiger partial charge in [0.2, 0.25) is 0 Å². The monoisotopic (exact) mass is 274 g/mol. The fourth-order valence-corrected chi connectivity index (χ4v) is 1.66. The van der Waals surface area contributed by atoms with Crippen LogP contribution in [0.1, 0.15) is 17.2 Å². The van der Waals surface area contributed by atoms with Crippen LogP contribution in [0.2, 0.25) is 0 Å². The van der Waals surface area contributed by atoms with Gasteiger partial charge in [0.05, 0.1) is 0 Å². The van der Waals surface area contributed by atoms with Crippen LogP contribution in [0.3, 0.4) is 0 Å². The molecule has 0 radical (unpaired) electrons. The van der Waals surface area contributed by atoms with Crippen LogP contribution in [0.4, 0.5) is 22.0 Å². The second-order valence-electron chi connectivity index (χ2n) is 3.89. The van der Waals surface area contributed by atoms with Crippen molar-refractivity contribution in [3.63, 3.8) is 0 Å². The van der Waals surface area contributed by atoms with Gasteiger partial charge in [-0.05, 0) is 23.8 Å². The lowest BCUT2D eigenvalue weighted by atomic mass is 10.0. The molecule has 19 heavy (non-hydrogen) atoms. The van der Waals surface area contributed by atoms with Crippen molar-refractivity contribution in [3.8, 4) is 0 Å². The molecule has 0 saturated carbocycles. The first-order chi connectivity index (χ1) is 8.88. The first-order valence-electron chi connectivity index (χ1n) is 5.17. The van der Waals surface area contributed by atoms with E-state index < -0.39 is 40.8 Å². The van der Waals surface area contributed by atoms with E-state index in [0.29, 0.717) is 12.1 Å². The van der Waals surface area contributed by atoms with Gasteiger partial charge in [0.15, 0.2) is 11.6 Å². The average Bonchev–Trinajstić information content (AvgIpc) is 2.31. The van der Waals surface area contributed by atoms with E-state index in [0.717, 1.165) is 12.1 Å². The van der Waals surface area contributed by atoms with Crippen LogP contribution in [0.25, 0.3) is 0 Å². The molecule has 2 aromatic rings. The zero-order chi connectivity index (χ0) is 14.2. The predicted octanol–water partition coefficient (Wildman–Crippen LogP) is 3.46. The van der Waals surface area contributed by atoms with Gasteiger partial charge in [-0.1, -0.05) is 0 Å². The molecule has 0 aliphatic heterocycles. The molecule has 0 aromatic heterocycles. The molecule has 6 heteroatoms. The maximum Gasteiger partial charge on any atom is 0.161 e. The first-order valence-corrected chi connectivity index (χ1v) is 5.17. The van der Waals surface area contributed by atoms with Crippen molar-refractivity contribution in [2.45, 2.75) is 6.10 Å². The molecule has 100 valence electrons. The summed E-state index contributed by atoms with van der Waals surface area (Å²) in [6.45, 7) is 0. The number of halogens is 5. The van der Waals surface area contributed by atoms with E-state index in [4.69, 9.17) is 0 Å². The Kier molecular flexibility index (Phi) is 3.53. The number of hydrogen-bond acceptors (Lipinski definition) is 1. The molecule has 1 unspecified atom stereocenters. The first kappa shape index (κ1) is 13.5. The van der Waals surface area contributed by atoms with E-state index in [1.807, 2.05) is 0 Å². The molecule has 2 aromatic carbocycles. The lowest BCUT2D eigenvalue weighted by Gasteiger charge is -2.13. The summed E-state index contributed by atoms with van der Waals surface area (Å²) in [6.07, 6.45) is -1.81. The van der Waals surface area contributed by atoms with Gasteiger partial charge in [0.25, 0.3) is 0 Å². The molecule has 0 heterocycles. The van der Waals surface area contributed by atoms with Crippen LogP contribution in [0, 0.1) is 29.1 Å². The summed E-state index contributed by atoms with van der Waals surface area (Å²) < 4.78 is 65.1. The Morgan fingerprint density at radius 1 is 0.684 bits per heavy atom. The summed E-state index contributed by atoms with van der Waals surface area (Å²) in [5.74, 6) is -5.95. The second-order valence-corrected chi connectivity index (χ2v) is 3.89. The highest BCUT2D eigenvalue weighted by Crippen LogP contribution is 2.27. The SMILES string of the molecule is OC(c1cc(F)cc(F)c1)c1cc(F)c(F)cc1F. The predicted molar refractivity (Wildman–Crippen MR) is 56.7 cm³/mol. The Bertz CT molecular complexity index is 606. The van der Waals surface area contributed by atoms with E-state index in [-0.39, 0.29) is 11.6 Å². The third kappa shape index (κ3) is 2.73. The van der Waals surface area contributed by atoms with Gasteiger partial charge in [-0.15, -0.1) is 0 Å². The third-order valence-corrected chi connectivity index (χ3v) is 2.53. The molecule has 0 aliphatic carbocycles. The highest BCUT2D eigenvalue weighted by Gasteiger charge is 2.19. The molecule has 0 fully saturated rings. The molecule has 1 nitrogen and oxygen atoms in total. The van der Waals surface area contributed by atoms with Gasteiger partial charge in [0.1, 0.15) is 23.6 Å². The topological polar surface area (TPSA) is 20.2 Å². The Morgan fingerprint density at radius 3 is 1.79 bits per heavy atom. The second kappa shape index (κ2) is 4.97. The van der Waals surface area contributed by atoms with Crippen molar-refractivity contribution in [1.82, 2.24) is 0 Å². The van der Waals surface area contributed by atoms with Gasteiger partial charge in [-0.25, -0.2) is 22.0 Å². The minimum absolute atomic E-state index is 0.254. The number of aliphatic hydroxyl groups excluding tert-OH is 1. The molecule has 0 spiro atoms. The van der Waals surface area contributed by atoms with Gasteiger partial charge in [-0.2, -0.15) is 0 Å². The summed E-state index contributed by atoms with van der Waals surface area (Å²) in [7, 11) is 0. The van der Waals surface area contributed by atoms with E-state index in [2.05, 4.69) is 0 Å². The minimum Gasteiger partial charge on any atom is -0.384 e. The lowest BCUT2D eigenvalue weighted by Crippen LogP contribution is -2.05. The summed E-state index contributed by atoms with van der Waals surface area (Å²) in [5, 5.41) is 9.77. The Balaban J connectivity index is 2.49. The Labute approximate surface area is 104 Å². The van der Waals surface area contributed by atoms with Crippen LogP contribution >= 0.6 is 0 Å². The molecule has 0 saturated heterocycles. The maximum atomic E-state index is 13.4. The van der Waals surface area contributed by atoms with E-state index in [9.17, 15) is 27.1 Å². The van der Waals surface area contributed by atoms with E-state index in [1.165, 1.54) is 0 Å². The molecular weight excluding hydrogens is 267 g/mol. The van der Waals surface area contributed by atoms with Gasteiger partial charge < -0.3 is 5.11 Å². The molecule has 0 aliphatic rings. The van der Waals surface area contributed by atoms with Crippen LogP contribution in [-0.4, -0.2) is 5.11 Å². The van der Waals surface area contributed by atoms with Crippen LogP contribution in [0.15, 0.2) is 30.3 Å². The summed E-state index contributed by atoms with van der Waals surface area (Å²) >= 11 is 0. The fourth-order valence-electron chi connectivity index (χ4n) is 1.66. The van der Waals surface area contributed by atoms with Crippen LogP contribution < -0.4 is 0 Å². The quantitative estimate of drug-likeness (QED) is 0.656. The molecule has 0 amide bonds. The summed E-state index contributed by atoms with van der Waals surface area (Å²) in [6, 6.07) is 2.81. The normalized spacial score (nSPS) is 12.5. The number of aliphatic hydroxyl groups is 1. The summed E-state index contributed by atoms with van der Waals surface area (Å²) in [4.78, 5) is 0. The zero-order valence-corrected chi connectivity index (χ0v) is 9.30. The summed E-state index contributed by atoms with van der Waals surface area (Å²) in [5.41, 5.74) is -0.911. The van der Waals surface area contributed by atoms with E-state index >= 15 is 0 Å². The largest absolute Gasteiger partial charge is 0.384 e. The third-order valence-electron chi connectivity index (χ3n) is 2.53. The van der Waals surface area contributed by atoms with Crippen molar-refractivity contribution in [3.05, 3.63) is 70.5 Å². The Morgan fingerprint density at radius 2 is 1.21 bits per heavy atom. The molecular formula is C13H7F5O. The zero-order valence-electron chi connectivity index (χ0n) is 9.30. The highest BCUT2D eigenvalue weighted by atomic mass is 19.2. The smallest absolute Gasteiger partial charge is 0.161 e. The molecule has 1 atom stereocenters. The maximum absolute atomic E-state index is 13.4. The van der Waals surface area contributed by atoms with Crippen molar-refractivity contribution < 1.29 is 27.1 Å². The van der Waals surface area contributed by atoms with Gasteiger partial charge in [-0.3, -0.25) is 0 Å². The minimum atomic E-state index is -1.81. The number of benzene rings is 2. The molecule has 2 rings (SSSR count). The standard InChI is InChI=1S/C13H7F5O/c14-7-1-6(2-8(15)3-7)13(19)9-4-11(17)12(18)5-10(9)16/h1-5,13,19H. The van der Waals surface area contributed by atoms with E-state index in [1.54, 1.807) is 0 Å². The van der Waals surface area contributed by atoms with Gasteiger partial charge in [0, 0.05) is 17.7 Å². The molecule has 0 bridgehead atoms. The van der Waals surface area contributed by atoms with Crippen molar-refractivity contribution in [1.29, 1.82) is 0 Å². The van der Waals surface area contributed by atoms with Crippen LogP contribution in [-0.2, 0) is 0 Å². The van der Waals surface area contributed by atoms with Gasteiger partial charge >= 0.3 is 0 Å². The fraction of sp³-hybridized carbons (Fsp3) is 0.0769. The highest BCUT2D eigenvalue weighted by molar-refractivity contribution is 5.32. The van der Waals surface area contributed by atoms with Crippen molar-refractivity contribution in [2.75, 3.05) is 0 Å². The van der Waals surface area contributed by atoms with Crippen molar-refractivity contribution >= 4 is 0 Å². The Hall–Kier alpha value is -1.95. The number of rotatable bonds is 2. The number of hydrogen-bond donors (Lipinski definition) is 1. The lowest BCUT2D eigenvalue weighted by molar-refractivity contribution is 0.212. The molecule has 1 N–H and O–H groups in total. The average molecular weight is 274 g/mol.